The third-order valence-corrected chi connectivity index (χ3v) is 4.98. The van der Waals surface area contributed by atoms with Gasteiger partial charge < -0.3 is 0 Å². The lowest BCUT2D eigenvalue weighted by Crippen LogP contribution is -2.27. The van der Waals surface area contributed by atoms with Crippen molar-refractivity contribution in [3.05, 3.63) is 63.7 Å². The normalized spacial score (nSPS) is 11.1. The Labute approximate surface area is 126 Å². The van der Waals surface area contributed by atoms with Crippen LogP contribution in [0.2, 0.25) is 5.02 Å². The highest BCUT2D eigenvalue weighted by Crippen LogP contribution is 2.29. The summed E-state index contributed by atoms with van der Waals surface area (Å²) in [6.45, 7) is 0. The topological polar surface area (TPSA) is 80.5 Å². The summed E-state index contributed by atoms with van der Waals surface area (Å²) in [6.07, 6.45) is 0. The Balaban J connectivity index is 2.52. The zero-order valence-electron chi connectivity index (χ0n) is 10.9. The lowest BCUT2D eigenvalue weighted by atomic mass is 10.3. The van der Waals surface area contributed by atoms with E-state index in [0.717, 1.165) is 10.4 Å². The first-order valence-corrected chi connectivity index (χ1v) is 7.64. The highest BCUT2D eigenvalue weighted by Gasteiger charge is 2.29. The molecule has 0 spiro atoms. The summed E-state index contributed by atoms with van der Waals surface area (Å²) in [7, 11) is -2.70. The van der Waals surface area contributed by atoms with Gasteiger partial charge in [-0.3, -0.25) is 14.4 Å². The van der Waals surface area contributed by atoms with Crippen LogP contribution in [0.4, 0.5) is 11.4 Å². The van der Waals surface area contributed by atoms with Gasteiger partial charge in [-0.2, -0.15) is 0 Å². The molecule has 0 amide bonds. The molecule has 0 heterocycles. The number of nitro benzene ring substituents is 1. The molecule has 0 aliphatic carbocycles. The van der Waals surface area contributed by atoms with Gasteiger partial charge in [0.2, 0.25) is 0 Å². The standard InChI is InChI=1S/C13H11ClN2O4S/c1-15(11-8-6-10(14)7-9-11)21(19,20)13-5-3-2-4-12(13)16(17)18/h2-9H,1H3. The zero-order valence-corrected chi connectivity index (χ0v) is 12.5. The van der Waals surface area contributed by atoms with Crippen LogP contribution in [0, 0.1) is 10.1 Å². The van der Waals surface area contributed by atoms with Gasteiger partial charge in [0.25, 0.3) is 15.7 Å². The van der Waals surface area contributed by atoms with Gasteiger partial charge in [-0.05, 0) is 30.3 Å². The van der Waals surface area contributed by atoms with Gasteiger partial charge in [-0.25, -0.2) is 8.42 Å². The summed E-state index contributed by atoms with van der Waals surface area (Å²) in [4.78, 5) is 9.90. The number of anilines is 1. The van der Waals surface area contributed by atoms with Crippen molar-refractivity contribution in [2.24, 2.45) is 0 Å². The first kappa shape index (κ1) is 15.3. The molecule has 0 saturated heterocycles. The van der Waals surface area contributed by atoms with Crippen molar-refractivity contribution < 1.29 is 13.3 Å². The third-order valence-electron chi connectivity index (χ3n) is 2.89. The molecule has 8 heteroatoms. The Kier molecular flexibility index (Phi) is 4.15. The Morgan fingerprint density at radius 2 is 1.67 bits per heavy atom. The maximum atomic E-state index is 12.5. The van der Waals surface area contributed by atoms with E-state index in [9.17, 15) is 18.5 Å². The molecule has 110 valence electrons. The van der Waals surface area contributed by atoms with Crippen molar-refractivity contribution >= 4 is 33.0 Å². The highest BCUT2D eigenvalue weighted by atomic mass is 35.5. The fourth-order valence-corrected chi connectivity index (χ4v) is 3.24. The molecule has 0 atom stereocenters. The van der Waals surface area contributed by atoms with Crippen LogP contribution in [0.3, 0.4) is 0 Å². The summed E-state index contributed by atoms with van der Waals surface area (Å²) < 4.78 is 26.0. The molecule has 0 radical (unpaired) electrons. The van der Waals surface area contributed by atoms with Crippen LogP contribution in [0.1, 0.15) is 0 Å². The molecule has 2 aromatic carbocycles. The number of hydrogen-bond acceptors (Lipinski definition) is 4. The van der Waals surface area contributed by atoms with Crippen molar-refractivity contribution in [3.8, 4) is 0 Å². The first-order chi connectivity index (χ1) is 9.84. The van der Waals surface area contributed by atoms with Gasteiger partial charge >= 0.3 is 0 Å². The lowest BCUT2D eigenvalue weighted by Gasteiger charge is -2.19. The molecule has 0 bridgehead atoms. The first-order valence-electron chi connectivity index (χ1n) is 5.82. The fourth-order valence-electron chi connectivity index (χ4n) is 1.76. The molecule has 0 fully saturated rings. The van der Waals surface area contributed by atoms with Crippen LogP contribution in [0.25, 0.3) is 0 Å². The minimum Gasteiger partial charge on any atom is -0.269 e. The van der Waals surface area contributed by atoms with Gasteiger partial charge in [0.1, 0.15) is 0 Å². The summed E-state index contributed by atoms with van der Waals surface area (Å²) in [5.41, 5.74) is -0.101. The Hall–Kier alpha value is -2.12. The average molecular weight is 327 g/mol. The monoisotopic (exact) mass is 326 g/mol. The van der Waals surface area contributed by atoms with Gasteiger partial charge in [0.15, 0.2) is 4.90 Å². The van der Waals surface area contributed by atoms with Crippen molar-refractivity contribution in [3.63, 3.8) is 0 Å². The predicted octanol–water partition coefficient (Wildman–Crippen LogP) is 3.07. The van der Waals surface area contributed by atoms with Crippen LogP contribution in [-0.4, -0.2) is 20.4 Å². The number of nitro groups is 1. The SMILES string of the molecule is CN(c1ccc(Cl)cc1)S(=O)(=O)c1ccccc1[N+](=O)[O-]. The summed E-state index contributed by atoms with van der Waals surface area (Å²) >= 11 is 5.76. The molecule has 6 nitrogen and oxygen atoms in total. The molecule has 2 rings (SSSR count). The zero-order chi connectivity index (χ0) is 15.6. The quantitative estimate of drug-likeness (QED) is 0.638. The number of hydrogen-bond donors (Lipinski definition) is 0. The summed E-state index contributed by atoms with van der Waals surface area (Å²) in [6, 6.07) is 11.4. The van der Waals surface area contributed by atoms with E-state index in [2.05, 4.69) is 0 Å². The van der Waals surface area contributed by atoms with Crippen molar-refractivity contribution in [2.75, 3.05) is 11.4 Å². The minimum atomic E-state index is -4.03. The number of sulfonamides is 1. The average Bonchev–Trinajstić information content (AvgIpc) is 2.47. The number of nitrogens with zero attached hydrogens (tertiary/aromatic N) is 2. The molecule has 0 N–H and O–H groups in total. The number of halogens is 1. The van der Waals surface area contributed by atoms with Gasteiger partial charge in [0.05, 0.1) is 10.6 Å². The van der Waals surface area contributed by atoms with Crippen molar-refractivity contribution in [1.29, 1.82) is 0 Å². The van der Waals surface area contributed by atoms with E-state index < -0.39 is 20.6 Å². The van der Waals surface area contributed by atoms with E-state index in [1.807, 2.05) is 0 Å². The molecule has 0 unspecified atom stereocenters. The Morgan fingerprint density at radius 3 is 2.24 bits per heavy atom. The van der Waals surface area contributed by atoms with Crippen molar-refractivity contribution in [2.45, 2.75) is 4.90 Å². The number of para-hydroxylation sites is 1. The maximum absolute atomic E-state index is 12.5. The van der Waals surface area contributed by atoms with Gasteiger partial charge in [-0.15, -0.1) is 0 Å². The molecular weight excluding hydrogens is 316 g/mol. The van der Waals surface area contributed by atoms with Crippen LogP contribution >= 0.6 is 11.6 Å². The van der Waals surface area contributed by atoms with Crippen molar-refractivity contribution in [1.82, 2.24) is 0 Å². The minimum absolute atomic E-state index is 0.354. The lowest BCUT2D eigenvalue weighted by molar-refractivity contribution is -0.387. The second-order valence-corrected chi connectivity index (χ2v) is 6.55. The van der Waals surface area contributed by atoms with Crippen LogP contribution in [0.15, 0.2) is 53.4 Å². The predicted molar refractivity (Wildman–Crippen MR) is 80.1 cm³/mol. The number of rotatable bonds is 4. The van der Waals surface area contributed by atoms with E-state index in [1.165, 1.54) is 37.4 Å². The second-order valence-electron chi connectivity index (χ2n) is 4.17. The van der Waals surface area contributed by atoms with Crippen LogP contribution in [-0.2, 0) is 10.0 Å². The van der Waals surface area contributed by atoms with E-state index in [0.29, 0.717) is 10.7 Å². The molecular formula is C13H11ClN2O4S. The van der Waals surface area contributed by atoms with E-state index in [-0.39, 0.29) is 4.90 Å². The smallest absolute Gasteiger partial charge is 0.269 e. The third kappa shape index (κ3) is 2.98. The molecule has 2 aromatic rings. The maximum Gasteiger partial charge on any atom is 0.289 e. The van der Waals surface area contributed by atoms with Gasteiger partial charge in [-0.1, -0.05) is 23.7 Å². The molecule has 21 heavy (non-hydrogen) atoms. The number of benzene rings is 2. The van der Waals surface area contributed by atoms with E-state index in [4.69, 9.17) is 11.6 Å². The van der Waals surface area contributed by atoms with Crippen LogP contribution < -0.4 is 4.31 Å². The Morgan fingerprint density at radius 1 is 1.10 bits per heavy atom. The van der Waals surface area contributed by atoms with E-state index >= 15 is 0 Å². The molecule has 0 aliphatic heterocycles. The van der Waals surface area contributed by atoms with Crippen LogP contribution in [0.5, 0.6) is 0 Å². The second kappa shape index (κ2) is 5.71. The van der Waals surface area contributed by atoms with E-state index in [1.54, 1.807) is 12.1 Å². The fraction of sp³-hybridized carbons (Fsp3) is 0.0769. The molecule has 0 aromatic heterocycles. The molecule has 0 saturated carbocycles. The summed E-state index contributed by atoms with van der Waals surface area (Å²) in [5.74, 6) is 0. The van der Waals surface area contributed by atoms with Gasteiger partial charge in [0, 0.05) is 18.1 Å². The highest BCUT2D eigenvalue weighted by molar-refractivity contribution is 7.93. The largest absolute Gasteiger partial charge is 0.289 e. The Bertz CT molecular complexity index is 775. The molecule has 0 aliphatic rings. The summed E-state index contributed by atoms with van der Waals surface area (Å²) in [5, 5.41) is 11.4.